The summed E-state index contributed by atoms with van der Waals surface area (Å²) in [6.45, 7) is 0.816. The molecule has 0 saturated heterocycles. The lowest BCUT2D eigenvalue weighted by molar-refractivity contribution is -0.123. The lowest BCUT2D eigenvalue weighted by atomic mass is 9.92. The highest BCUT2D eigenvalue weighted by Crippen LogP contribution is 2.66. The zero-order valence-corrected chi connectivity index (χ0v) is 20.9. The van der Waals surface area contributed by atoms with Crippen molar-refractivity contribution >= 4 is 40.6 Å². The number of carbonyl (C=O) groups is 2. The van der Waals surface area contributed by atoms with E-state index in [2.05, 4.69) is 77.7 Å². The Balaban J connectivity index is 1.25. The highest BCUT2D eigenvalue weighted by Gasteiger charge is 2.67. The Hall–Kier alpha value is -4.23. The van der Waals surface area contributed by atoms with E-state index < -0.39 is 11.3 Å². The number of primary amides is 1. The first-order chi connectivity index (χ1) is 17.9. The molecule has 2 heterocycles. The number of amides is 2. The summed E-state index contributed by atoms with van der Waals surface area (Å²) < 4.78 is 0. The molecule has 2 amide bonds. The van der Waals surface area contributed by atoms with Gasteiger partial charge in [-0.2, -0.15) is 5.10 Å². The second-order valence-electron chi connectivity index (χ2n) is 10.3. The van der Waals surface area contributed by atoms with Gasteiger partial charge in [0.2, 0.25) is 11.8 Å². The molecule has 1 aromatic heterocycles. The fourth-order valence-corrected chi connectivity index (χ4v) is 5.74. The van der Waals surface area contributed by atoms with E-state index in [0.717, 1.165) is 45.5 Å². The number of nitrogens with zero attached hydrogens (tertiary/aromatic N) is 3. The minimum Gasteiger partial charge on any atom is -0.368 e. The third-order valence-electron chi connectivity index (χ3n) is 7.51. The number of carbonyl (C=O) groups excluding carboxylic acids is 2. The molecule has 0 bridgehead atoms. The summed E-state index contributed by atoms with van der Waals surface area (Å²) in [5, 5.41) is 8.72. The van der Waals surface area contributed by atoms with Gasteiger partial charge in [0.1, 0.15) is 6.54 Å². The lowest BCUT2D eigenvalue weighted by Gasteiger charge is -2.16. The number of rotatable bonds is 7. The van der Waals surface area contributed by atoms with Gasteiger partial charge in [0.25, 0.3) is 0 Å². The second-order valence-corrected chi connectivity index (χ2v) is 10.3. The zero-order valence-electron chi connectivity index (χ0n) is 20.9. The number of aromatic nitrogens is 2. The van der Waals surface area contributed by atoms with Gasteiger partial charge in [0, 0.05) is 23.5 Å². The lowest BCUT2D eigenvalue weighted by Crippen LogP contribution is -2.39. The van der Waals surface area contributed by atoms with E-state index in [0.29, 0.717) is 6.42 Å². The Kier molecular flexibility index (Phi) is 5.46. The van der Waals surface area contributed by atoms with Crippen molar-refractivity contribution < 1.29 is 9.59 Å². The largest absolute Gasteiger partial charge is 0.368 e. The number of hydrogen-bond acceptors (Lipinski definition) is 4. The highest BCUT2D eigenvalue weighted by atomic mass is 16.2. The Morgan fingerprint density at radius 2 is 1.92 bits per heavy atom. The van der Waals surface area contributed by atoms with E-state index >= 15 is 0 Å². The second kappa shape index (κ2) is 8.71. The normalized spacial score (nSPS) is 20.5. The molecule has 6 rings (SSSR count). The molecule has 3 aromatic carbocycles. The molecule has 1 aliphatic carbocycles. The summed E-state index contributed by atoms with van der Waals surface area (Å²) in [7, 11) is 4.13. The summed E-state index contributed by atoms with van der Waals surface area (Å²) in [4.78, 5) is 28.9. The van der Waals surface area contributed by atoms with E-state index in [1.54, 1.807) is 4.90 Å². The zero-order chi connectivity index (χ0) is 25.7. The van der Waals surface area contributed by atoms with Crippen LogP contribution in [0.4, 0.5) is 5.69 Å². The van der Waals surface area contributed by atoms with Crippen LogP contribution in [0.2, 0.25) is 0 Å². The number of nitrogens with two attached hydrogens (primary N) is 1. The quantitative estimate of drug-likeness (QED) is 0.408. The van der Waals surface area contributed by atoms with E-state index in [1.165, 1.54) is 5.56 Å². The van der Waals surface area contributed by atoms with Crippen molar-refractivity contribution in [2.24, 2.45) is 5.73 Å². The van der Waals surface area contributed by atoms with E-state index in [9.17, 15) is 9.59 Å². The van der Waals surface area contributed by atoms with Gasteiger partial charge in [-0.3, -0.25) is 14.7 Å². The average Bonchev–Trinajstić information content (AvgIpc) is 3.45. The molecule has 1 spiro atoms. The van der Waals surface area contributed by atoms with Crippen LogP contribution in [-0.2, 0) is 21.5 Å². The molecule has 2 atom stereocenters. The molecule has 2 aliphatic rings. The third kappa shape index (κ3) is 3.92. The minimum absolute atomic E-state index is 0.0394. The number of para-hydroxylation sites is 1. The molecule has 1 aliphatic heterocycles. The predicted octanol–water partition coefficient (Wildman–Crippen LogP) is 4.05. The van der Waals surface area contributed by atoms with Crippen LogP contribution in [0.5, 0.6) is 0 Å². The minimum atomic E-state index is -0.624. The van der Waals surface area contributed by atoms with Gasteiger partial charge in [0.15, 0.2) is 0 Å². The SMILES string of the molecule is CN(C)Cc1ccc(C=Cc2n[nH]c3cc([C@@H]4C[C@@]45C(=O)N(CC(N)=O)c4ccccc45)ccc23)cc1. The van der Waals surface area contributed by atoms with Crippen molar-refractivity contribution in [1.29, 1.82) is 0 Å². The van der Waals surface area contributed by atoms with Gasteiger partial charge in [-0.25, -0.2) is 0 Å². The van der Waals surface area contributed by atoms with Crippen LogP contribution in [-0.4, -0.2) is 47.6 Å². The fraction of sp³-hybridized carbons (Fsp3) is 0.233. The number of aromatic amines is 1. The molecule has 1 saturated carbocycles. The van der Waals surface area contributed by atoms with E-state index in [-0.39, 0.29) is 18.4 Å². The first-order valence-corrected chi connectivity index (χ1v) is 12.5. The van der Waals surface area contributed by atoms with Crippen LogP contribution in [0.1, 0.15) is 40.3 Å². The first-order valence-electron chi connectivity index (χ1n) is 12.5. The number of fused-ring (bicyclic) bond motifs is 3. The maximum absolute atomic E-state index is 13.5. The predicted molar refractivity (Wildman–Crippen MR) is 146 cm³/mol. The molecule has 7 heteroatoms. The molecule has 3 N–H and O–H groups in total. The molecular formula is C30H29N5O2. The van der Waals surface area contributed by atoms with Crippen LogP contribution < -0.4 is 10.6 Å². The topological polar surface area (TPSA) is 95.3 Å². The Morgan fingerprint density at radius 1 is 1.14 bits per heavy atom. The van der Waals surface area contributed by atoms with Crippen molar-refractivity contribution in [2.45, 2.75) is 24.3 Å². The van der Waals surface area contributed by atoms with Crippen molar-refractivity contribution in [2.75, 3.05) is 25.5 Å². The number of hydrogen-bond donors (Lipinski definition) is 2. The summed E-state index contributed by atoms with van der Waals surface area (Å²) in [6.07, 6.45) is 4.81. The molecule has 1 fully saturated rings. The summed E-state index contributed by atoms with van der Waals surface area (Å²) in [5.41, 5.74) is 11.9. The van der Waals surface area contributed by atoms with Crippen LogP contribution in [0, 0.1) is 0 Å². The molecule has 0 unspecified atom stereocenters. The van der Waals surface area contributed by atoms with Gasteiger partial charge in [0.05, 0.1) is 16.6 Å². The molecule has 37 heavy (non-hydrogen) atoms. The monoisotopic (exact) mass is 491 g/mol. The van der Waals surface area contributed by atoms with Crippen LogP contribution >= 0.6 is 0 Å². The first kappa shape index (κ1) is 23.2. The van der Waals surface area contributed by atoms with Crippen molar-refractivity contribution in [3.63, 3.8) is 0 Å². The van der Waals surface area contributed by atoms with Gasteiger partial charge < -0.3 is 15.5 Å². The molecule has 7 nitrogen and oxygen atoms in total. The maximum Gasteiger partial charge on any atom is 0.238 e. The molecular weight excluding hydrogens is 462 g/mol. The molecule has 0 radical (unpaired) electrons. The standard InChI is InChI=1S/C30H29N5O2/c1-34(2)17-20-9-7-19(8-10-20)11-14-25-22-13-12-21(15-26(22)33-32-25)24-16-30(24)23-5-3-4-6-27(23)35(29(30)37)18-28(31)36/h3-15,24H,16-18H2,1-2H3,(H2,31,36)(H,32,33)/t24-,30-/m0/s1. The third-order valence-corrected chi connectivity index (χ3v) is 7.51. The van der Waals surface area contributed by atoms with Crippen LogP contribution in [0.3, 0.4) is 0 Å². The Labute approximate surface area is 215 Å². The summed E-state index contributed by atoms with van der Waals surface area (Å²) >= 11 is 0. The van der Waals surface area contributed by atoms with Crippen molar-refractivity contribution in [3.05, 3.63) is 94.7 Å². The molecule has 4 aromatic rings. The van der Waals surface area contributed by atoms with Gasteiger partial charge in [-0.05, 0) is 61.0 Å². The van der Waals surface area contributed by atoms with Gasteiger partial charge in [-0.1, -0.05) is 60.7 Å². The van der Waals surface area contributed by atoms with Crippen LogP contribution in [0.15, 0.2) is 66.7 Å². The number of benzene rings is 3. The number of anilines is 1. The van der Waals surface area contributed by atoms with Gasteiger partial charge in [-0.15, -0.1) is 0 Å². The highest BCUT2D eigenvalue weighted by molar-refractivity contribution is 6.13. The van der Waals surface area contributed by atoms with Gasteiger partial charge >= 0.3 is 0 Å². The van der Waals surface area contributed by atoms with Crippen LogP contribution in [0.25, 0.3) is 23.1 Å². The van der Waals surface area contributed by atoms with E-state index in [1.807, 2.05) is 30.3 Å². The summed E-state index contributed by atoms with van der Waals surface area (Å²) in [6, 6.07) is 22.5. The Bertz CT molecular complexity index is 1550. The fourth-order valence-electron chi connectivity index (χ4n) is 5.74. The summed E-state index contributed by atoms with van der Waals surface area (Å²) in [5.74, 6) is -0.504. The number of H-pyrrole nitrogens is 1. The van der Waals surface area contributed by atoms with E-state index in [4.69, 9.17) is 5.73 Å². The smallest absolute Gasteiger partial charge is 0.238 e. The average molecular weight is 492 g/mol. The maximum atomic E-state index is 13.5. The van der Waals surface area contributed by atoms with Crippen molar-refractivity contribution in [3.8, 4) is 0 Å². The van der Waals surface area contributed by atoms with Crippen molar-refractivity contribution in [1.82, 2.24) is 15.1 Å². The molecule has 186 valence electrons. The Morgan fingerprint density at radius 3 is 2.68 bits per heavy atom. The number of nitrogens with one attached hydrogen (secondary N) is 1.